The summed E-state index contributed by atoms with van der Waals surface area (Å²) in [6.07, 6.45) is 7.71. The van der Waals surface area contributed by atoms with Crippen molar-refractivity contribution in [2.24, 2.45) is 5.92 Å². The molecule has 0 spiro atoms. The highest BCUT2D eigenvalue weighted by Gasteiger charge is 2.07. The average Bonchev–Trinajstić information content (AvgIpc) is 2.46. The predicted octanol–water partition coefficient (Wildman–Crippen LogP) is 3.89. The lowest BCUT2D eigenvalue weighted by molar-refractivity contribution is 0.226. The van der Waals surface area contributed by atoms with E-state index >= 15 is 0 Å². The van der Waals surface area contributed by atoms with Crippen molar-refractivity contribution in [2.45, 2.75) is 52.9 Å². The fraction of sp³-hybridized carbons (Fsp3) is 0.733. The fourth-order valence-electron chi connectivity index (χ4n) is 1.85. The van der Waals surface area contributed by atoms with Gasteiger partial charge in [-0.2, -0.15) is 4.98 Å². The minimum atomic E-state index is 0.627. The van der Waals surface area contributed by atoms with E-state index in [4.69, 9.17) is 4.74 Å². The Morgan fingerprint density at radius 1 is 1.26 bits per heavy atom. The molecule has 4 nitrogen and oxygen atoms in total. The molecule has 1 heterocycles. The van der Waals surface area contributed by atoms with Crippen molar-refractivity contribution < 1.29 is 4.74 Å². The van der Waals surface area contributed by atoms with E-state index in [1.54, 1.807) is 6.20 Å². The lowest BCUT2D eigenvalue weighted by Crippen LogP contribution is -2.12. The van der Waals surface area contributed by atoms with Crippen LogP contribution in [0.5, 0.6) is 5.88 Å². The minimum absolute atomic E-state index is 0.627. The Labute approximate surface area is 117 Å². The molecule has 0 aromatic carbocycles. The van der Waals surface area contributed by atoms with Gasteiger partial charge in [0.1, 0.15) is 0 Å². The molecule has 0 aliphatic heterocycles. The second-order valence-electron chi connectivity index (χ2n) is 4.87. The number of ether oxygens (including phenoxy) is 1. The summed E-state index contributed by atoms with van der Waals surface area (Å²) in [5.41, 5.74) is 0. The third-order valence-electron chi connectivity index (χ3n) is 3.17. The standard InChI is InChI=1S/C15H27N3O/c1-4-7-8-13(6-3)12-19-14-9-11-17-15(18-14)16-10-5-2/h9,11,13H,4-8,10,12H2,1-3H3,(H,16,17,18). The molecule has 0 aliphatic rings. The largest absolute Gasteiger partial charge is 0.477 e. The third-order valence-corrected chi connectivity index (χ3v) is 3.17. The maximum absolute atomic E-state index is 5.79. The van der Waals surface area contributed by atoms with E-state index < -0.39 is 0 Å². The molecule has 0 saturated heterocycles. The molecule has 1 N–H and O–H groups in total. The van der Waals surface area contributed by atoms with Gasteiger partial charge in [0.2, 0.25) is 11.8 Å². The van der Waals surface area contributed by atoms with Crippen LogP contribution in [0.3, 0.4) is 0 Å². The van der Waals surface area contributed by atoms with Gasteiger partial charge in [-0.15, -0.1) is 0 Å². The molecule has 0 bridgehead atoms. The van der Waals surface area contributed by atoms with Crippen molar-refractivity contribution in [2.75, 3.05) is 18.5 Å². The molecule has 0 amide bonds. The second-order valence-corrected chi connectivity index (χ2v) is 4.87. The fourth-order valence-corrected chi connectivity index (χ4v) is 1.85. The topological polar surface area (TPSA) is 47.0 Å². The number of rotatable bonds is 10. The average molecular weight is 265 g/mol. The summed E-state index contributed by atoms with van der Waals surface area (Å²) in [5, 5.41) is 3.17. The SMILES string of the molecule is CCCCC(CC)COc1ccnc(NCCC)n1. The first-order valence-electron chi connectivity index (χ1n) is 7.49. The monoisotopic (exact) mass is 265 g/mol. The highest BCUT2D eigenvalue weighted by atomic mass is 16.5. The quantitative estimate of drug-likeness (QED) is 0.697. The Hall–Kier alpha value is -1.32. The van der Waals surface area contributed by atoms with Gasteiger partial charge in [0.25, 0.3) is 0 Å². The molecular formula is C15H27N3O. The number of anilines is 1. The summed E-state index contributed by atoms with van der Waals surface area (Å²) in [5.74, 6) is 1.95. The first kappa shape index (κ1) is 15.7. The summed E-state index contributed by atoms with van der Waals surface area (Å²) in [7, 11) is 0. The Balaban J connectivity index is 2.42. The lowest BCUT2D eigenvalue weighted by Gasteiger charge is -2.15. The van der Waals surface area contributed by atoms with Gasteiger partial charge in [0.15, 0.2) is 0 Å². The molecule has 1 aromatic heterocycles. The van der Waals surface area contributed by atoms with Gasteiger partial charge in [0, 0.05) is 18.8 Å². The Kier molecular flexibility index (Phi) is 7.94. The number of nitrogens with zero attached hydrogens (tertiary/aromatic N) is 2. The van der Waals surface area contributed by atoms with E-state index in [0.717, 1.165) is 26.0 Å². The summed E-state index contributed by atoms with van der Waals surface area (Å²) < 4.78 is 5.79. The number of hydrogen-bond acceptors (Lipinski definition) is 4. The summed E-state index contributed by atoms with van der Waals surface area (Å²) >= 11 is 0. The smallest absolute Gasteiger partial charge is 0.225 e. The number of nitrogens with one attached hydrogen (secondary N) is 1. The van der Waals surface area contributed by atoms with Crippen molar-refractivity contribution in [1.29, 1.82) is 0 Å². The molecule has 19 heavy (non-hydrogen) atoms. The van der Waals surface area contributed by atoms with Crippen LogP contribution in [-0.4, -0.2) is 23.1 Å². The second kappa shape index (κ2) is 9.59. The molecule has 1 unspecified atom stereocenters. The van der Waals surface area contributed by atoms with Crippen molar-refractivity contribution in [3.05, 3.63) is 12.3 Å². The van der Waals surface area contributed by atoms with Crippen molar-refractivity contribution in [3.63, 3.8) is 0 Å². The van der Waals surface area contributed by atoms with Crippen LogP contribution in [0, 0.1) is 5.92 Å². The van der Waals surface area contributed by atoms with E-state index in [0.29, 0.717) is 17.7 Å². The number of unbranched alkanes of at least 4 members (excludes halogenated alkanes) is 1. The molecule has 0 radical (unpaired) electrons. The van der Waals surface area contributed by atoms with Crippen LogP contribution in [-0.2, 0) is 0 Å². The van der Waals surface area contributed by atoms with Crippen molar-refractivity contribution >= 4 is 5.95 Å². The summed E-state index contributed by atoms with van der Waals surface area (Å²) in [4.78, 5) is 8.52. The lowest BCUT2D eigenvalue weighted by atomic mass is 10.0. The first-order chi connectivity index (χ1) is 9.30. The van der Waals surface area contributed by atoms with Gasteiger partial charge in [-0.25, -0.2) is 4.98 Å². The molecule has 108 valence electrons. The van der Waals surface area contributed by atoms with E-state index in [-0.39, 0.29) is 0 Å². The molecule has 0 aliphatic carbocycles. The van der Waals surface area contributed by atoms with Crippen LogP contribution in [0.15, 0.2) is 12.3 Å². The zero-order valence-electron chi connectivity index (χ0n) is 12.5. The zero-order chi connectivity index (χ0) is 13.9. The first-order valence-corrected chi connectivity index (χ1v) is 7.49. The van der Waals surface area contributed by atoms with E-state index in [2.05, 4.69) is 36.1 Å². The molecule has 1 atom stereocenters. The van der Waals surface area contributed by atoms with Crippen LogP contribution < -0.4 is 10.1 Å². The van der Waals surface area contributed by atoms with Crippen molar-refractivity contribution in [3.8, 4) is 5.88 Å². The van der Waals surface area contributed by atoms with Crippen LogP contribution in [0.1, 0.15) is 52.9 Å². The normalized spacial score (nSPS) is 12.2. The molecule has 0 saturated carbocycles. The molecule has 1 aromatic rings. The Bertz CT molecular complexity index is 344. The summed E-state index contributed by atoms with van der Waals surface area (Å²) in [6.45, 7) is 8.20. The van der Waals surface area contributed by atoms with Crippen LogP contribution in [0.2, 0.25) is 0 Å². The Morgan fingerprint density at radius 3 is 2.79 bits per heavy atom. The van der Waals surface area contributed by atoms with Crippen LogP contribution >= 0.6 is 0 Å². The van der Waals surface area contributed by atoms with Gasteiger partial charge in [-0.05, 0) is 18.8 Å². The molecule has 4 heteroatoms. The van der Waals surface area contributed by atoms with Gasteiger partial charge in [0.05, 0.1) is 6.61 Å². The molecular weight excluding hydrogens is 238 g/mol. The molecule has 1 rings (SSSR count). The van der Waals surface area contributed by atoms with E-state index in [1.165, 1.54) is 19.3 Å². The highest BCUT2D eigenvalue weighted by molar-refractivity contribution is 5.27. The number of aromatic nitrogens is 2. The number of hydrogen-bond donors (Lipinski definition) is 1. The van der Waals surface area contributed by atoms with Crippen LogP contribution in [0.4, 0.5) is 5.95 Å². The highest BCUT2D eigenvalue weighted by Crippen LogP contribution is 2.15. The predicted molar refractivity (Wildman–Crippen MR) is 79.6 cm³/mol. The van der Waals surface area contributed by atoms with Gasteiger partial charge in [-0.1, -0.05) is 40.0 Å². The van der Waals surface area contributed by atoms with Gasteiger partial charge < -0.3 is 10.1 Å². The minimum Gasteiger partial charge on any atom is -0.477 e. The summed E-state index contributed by atoms with van der Waals surface area (Å²) in [6, 6.07) is 1.82. The van der Waals surface area contributed by atoms with E-state index in [1.807, 2.05) is 6.07 Å². The Morgan fingerprint density at radius 2 is 2.11 bits per heavy atom. The molecule has 0 fully saturated rings. The zero-order valence-corrected chi connectivity index (χ0v) is 12.5. The third kappa shape index (κ3) is 6.41. The van der Waals surface area contributed by atoms with Crippen molar-refractivity contribution in [1.82, 2.24) is 9.97 Å². The van der Waals surface area contributed by atoms with Gasteiger partial charge in [-0.3, -0.25) is 0 Å². The van der Waals surface area contributed by atoms with Crippen LogP contribution in [0.25, 0.3) is 0 Å². The maximum atomic E-state index is 5.79. The maximum Gasteiger partial charge on any atom is 0.225 e. The van der Waals surface area contributed by atoms with E-state index in [9.17, 15) is 0 Å². The van der Waals surface area contributed by atoms with Gasteiger partial charge >= 0.3 is 0 Å².